The first-order chi connectivity index (χ1) is 9.81. The van der Waals surface area contributed by atoms with Crippen molar-refractivity contribution in [3.05, 3.63) is 11.6 Å². The third-order valence-electron chi connectivity index (χ3n) is 6.92. The first-order valence-electron chi connectivity index (χ1n) is 8.92. The van der Waals surface area contributed by atoms with Crippen LogP contribution < -0.4 is 0 Å². The van der Waals surface area contributed by atoms with E-state index in [-0.39, 0.29) is 0 Å². The number of carbonyl (C=O) groups is 1. The van der Waals surface area contributed by atoms with Crippen LogP contribution >= 0.6 is 0 Å². The van der Waals surface area contributed by atoms with Crippen LogP contribution in [-0.2, 0) is 4.79 Å². The first kappa shape index (κ1) is 16.8. The van der Waals surface area contributed by atoms with E-state index >= 15 is 0 Å². The number of aldehydes is 1. The number of hydrogen-bond acceptors (Lipinski definition) is 1. The smallest absolute Gasteiger partial charge is 0.142 e. The molecule has 2 aliphatic rings. The minimum absolute atomic E-state index is 0.513. The molecule has 0 aromatic rings. The summed E-state index contributed by atoms with van der Waals surface area (Å²) in [6.07, 6.45) is 12.1. The number of rotatable bonds is 4. The Morgan fingerprint density at radius 2 is 1.90 bits per heavy atom. The highest BCUT2D eigenvalue weighted by Gasteiger charge is 2.53. The Morgan fingerprint density at radius 3 is 2.57 bits per heavy atom. The van der Waals surface area contributed by atoms with Gasteiger partial charge in [-0.05, 0) is 73.7 Å². The monoisotopic (exact) mass is 290 g/mol. The van der Waals surface area contributed by atoms with Gasteiger partial charge in [-0.2, -0.15) is 0 Å². The van der Waals surface area contributed by atoms with E-state index in [1.807, 2.05) is 0 Å². The lowest BCUT2D eigenvalue weighted by Crippen LogP contribution is -2.51. The molecule has 0 aliphatic heterocycles. The quantitative estimate of drug-likeness (QED) is 0.473. The summed E-state index contributed by atoms with van der Waals surface area (Å²) in [4.78, 5) is 10.6. The second kappa shape index (κ2) is 6.26. The van der Waals surface area contributed by atoms with E-state index in [4.69, 9.17) is 0 Å². The topological polar surface area (TPSA) is 17.1 Å². The van der Waals surface area contributed by atoms with Crippen molar-refractivity contribution >= 4 is 6.29 Å². The van der Waals surface area contributed by atoms with Gasteiger partial charge in [-0.3, -0.25) is 4.79 Å². The molecule has 2 rings (SSSR count). The average Bonchev–Trinajstić information content (AvgIpc) is 2.37. The molecule has 0 aromatic heterocycles. The summed E-state index contributed by atoms with van der Waals surface area (Å²) in [5.74, 6) is 2.55. The van der Waals surface area contributed by atoms with Crippen LogP contribution in [0.5, 0.6) is 0 Å². The van der Waals surface area contributed by atoms with E-state index in [2.05, 4.69) is 34.6 Å². The van der Waals surface area contributed by atoms with Crippen LogP contribution in [-0.4, -0.2) is 6.29 Å². The molecule has 2 saturated carbocycles. The summed E-state index contributed by atoms with van der Waals surface area (Å²) < 4.78 is 0. The van der Waals surface area contributed by atoms with E-state index in [1.165, 1.54) is 44.1 Å². The maximum atomic E-state index is 10.6. The molecule has 21 heavy (non-hydrogen) atoms. The molecule has 0 spiro atoms. The number of carbonyl (C=O) groups excluding carboxylic acids is 1. The molecule has 1 heteroatoms. The molecule has 0 saturated heterocycles. The van der Waals surface area contributed by atoms with Crippen LogP contribution in [0.1, 0.15) is 79.6 Å². The van der Waals surface area contributed by atoms with E-state index in [9.17, 15) is 4.79 Å². The van der Waals surface area contributed by atoms with Crippen molar-refractivity contribution < 1.29 is 4.79 Å². The standard InChI is InChI=1S/C20H34O/c1-15(11-14-21)7-9-17-16(2)8-10-18-19(3,4)12-6-13-20(17,18)5/h11,14,16-18H,6-10,12-13H2,1-5H3/b15-11-. The summed E-state index contributed by atoms with van der Waals surface area (Å²) in [5.41, 5.74) is 2.28. The molecule has 0 radical (unpaired) electrons. The Bertz CT molecular complexity index is 406. The van der Waals surface area contributed by atoms with Gasteiger partial charge in [0.05, 0.1) is 0 Å². The van der Waals surface area contributed by atoms with Crippen molar-refractivity contribution in [2.24, 2.45) is 28.6 Å². The van der Waals surface area contributed by atoms with E-state index < -0.39 is 0 Å². The van der Waals surface area contributed by atoms with Gasteiger partial charge in [-0.1, -0.05) is 46.1 Å². The summed E-state index contributed by atoms with van der Waals surface area (Å²) in [6.45, 7) is 12.1. The Labute approximate surface area is 131 Å². The highest BCUT2D eigenvalue weighted by molar-refractivity contribution is 5.65. The van der Waals surface area contributed by atoms with E-state index in [0.717, 1.165) is 30.5 Å². The summed E-state index contributed by atoms with van der Waals surface area (Å²) in [7, 11) is 0. The minimum Gasteiger partial charge on any atom is -0.299 e. The lowest BCUT2D eigenvalue weighted by Gasteiger charge is -2.59. The lowest BCUT2D eigenvalue weighted by molar-refractivity contribution is -0.104. The zero-order valence-electron chi connectivity index (χ0n) is 14.7. The lowest BCUT2D eigenvalue weighted by atomic mass is 9.46. The molecule has 0 aromatic carbocycles. The van der Waals surface area contributed by atoms with Crippen LogP contribution in [0.3, 0.4) is 0 Å². The molecule has 0 amide bonds. The highest BCUT2D eigenvalue weighted by atomic mass is 16.1. The fraction of sp³-hybridized carbons (Fsp3) is 0.850. The predicted molar refractivity (Wildman–Crippen MR) is 90.2 cm³/mol. The van der Waals surface area contributed by atoms with Crippen LogP contribution in [0, 0.1) is 28.6 Å². The average molecular weight is 290 g/mol. The van der Waals surface area contributed by atoms with Crippen LogP contribution in [0.15, 0.2) is 11.6 Å². The van der Waals surface area contributed by atoms with Gasteiger partial charge in [0.1, 0.15) is 6.29 Å². The molecule has 2 fully saturated rings. The fourth-order valence-corrected chi connectivity index (χ4v) is 5.81. The number of hydrogen-bond donors (Lipinski definition) is 0. The zero-order valence-corrected chi connectivity index (χ0v) is 14.7. The van der Waals surface area contributed by atoms with E-state index in [1.54, 1.807) is 6.08 Å². The normalized spacial score (nSPS) is 39.7. The SMILES string of the molecule is C/C(=C/C=O)CCC1C(C)CCC2C(C)(C)CCCC12C. The van der Waals surface area contributed by atoms with Gasteiger partial charge in [0.2, 0.25) is 0 Å². The van der Waals surface area contributed by atoms with Crippen molar-refractivity contribution in [3.8, 4) is 0 Å². The van der Waals surface area contributed by atoms with Crippen molar-refractivity contribution in [1.29, 1.82) is 0 Å². The Hall–Kier alpha value is -0.590. The van der Waals surface area contributed by atoms with Crippen LogP contribution in [0.4, 0.5) is 0 Å². The molecule has 4 atom stereocenters. The number of fused-ring (bicyclic) bond motifs is 1. The second-order valence-corrected chi connectivity index (χ2v) is 8.75. The van der Waals surface area contributed by atoms with Gasteiger partial charge in [-0.15, -0.1) is 0 Å². The van der Waals surface area contributed by atoms with Gasteiger partial charge in [0.15, 0.2) is 0 Å². The summed E-state index contributed by atoms with van der Waals surface area (Å²) in [5, 5.41) is 0. The molecule has 0 heterocycles. The molecule has 1 nitrogen and oxygen atoms in total. The molecule has 2 aliphatic carbocycles. The van der Waals surface area contributed by atoms with Crippen molar-refractivity contribution in [2.45, 2.75) is 79.6 Å². The molecule has 0 bridgehead atoms. The maximum absolute atomic E-state index is 10.6. The van der Waals surface area contributed by atoms with Crippen molar-refractivity contribution in [2.75, 3.05) is 0 Å². The molecular formula is C20H34O. The summed E-state index contributed by atoms with van der Waals surface area (Å²) in [6, 6.07) is 0. The van der Waals surface area contributed by atoms with Gasteiger partial charge in [0.25, 0.3) is 0 Å². The van der Waals surface area contributed by atoms with Crippen molar-refractivity contribution in [3.63, 3.8) is 0 Å². The van der Waals surface area contributed by atoms with Gasteiger partial charge in [-0.25, -0.2) is 0 Å². The third kappa shape index (κ3) is 3.27. The maximum Gasteiger partial charge on any atom is 0.142 e. The predicted octanol–water partition coefficient (Wildman–Crippen LogP) is 5.79. The third-order valence-corrected chi connectivity index (χ3v) is 6.92. The van der Waals surface area contributed by atoms with E-state index in [0.29, 0.717) is 10.8 Å². The molecule has 0 N–H and O–H groups in total. The number of allylic oxidation sites excluding steroid dienone is 2. The Balaban J connectivity index is 2.17. The van der Waals surface area contributed by atoms with Crippen molar-refractivity contribution in [1.82, 2.24) is 0 Å². The second-order valence-electron chi connectivity index (χ2n) is 8.75. The molecule has 120 valence electrons. The Kier molecular flexibility index (Phi) is 5.00. The minimum atomic E-state index is 0.513. The summed E-state index contributed by atoms with van der Waals surface area (Å²) >= 11 is 0. The molecular weight excluding hydrogens is 256 g/mol. The van der Waals surface area contributed by atoms with Gasteiger partial charge in [0, 0.05) is 0 Å². The fourth-order valence-electron chi connectivity index (χ4n) is 5.81. The Morgan fingerprint density at radius 1 is 1.19 bits per heavy atom. The highest BCUT2D eigenvalue weighted by Crippen LogP contribution is 2.62. The van der Waals surface area contributed by atoms with Gasteiger partial charge < -0.3 is 0 Å². The zero-order chi connectivity index (χ0) is 15.7. The van der Waals surface area contributed by atoms with Crippen LogP contribution in [0.2, 0.25) is 0 Å². The van der Waals surface area contributed by atoms with Gasteiger partial charge >= 0.3 is 0 Å². The van der Waals surface area contributed by atoms with Crippen LogP contribution in [0.25, 0.3) is 0 Å². The largest absolute Gasteiger partial charge is 0.299 e. The first-order valence-corrected chi connectivity index (χ1v) is 8.92. The molecule has 4 unspecified atom stereocenters.